The van der Waals surface area contributed by atoms with Crippen molar-refractivity contribution in [1.82, 2.24) is 5.32 Å². The average molecular weight is 194 g/mol. The summed E-state index contributed by atoms with van der Waals surface area (Å²) in [5.41, 5.74) is 0. The van der Waals surface area contributed by atoms with E-state index in [1.165, 1.54) is 25.7 Å². The summed E-state index contributed by atoms with van der Waals surface area (Å²) >= 11 is 0. The summed E-state index contributed by atoms with van der Waals surface area (Å²) in [4.78, 5) is 0. The van der Waals surface area contributed by atoms with Gasteiger partial charge < -0.3 is 5.32 Å². The van der Waals surface area contributed by atoms with Crippen LogP contribution in [0.1, 0.15) is 46.0 Å². The lowest BCUT2D eigenvalue weighted by Gasteiger charge is -2.04. The normalized spacial score (nSPS) is 12.9. The molecule has 14 heavy (non-hydrogen) atoms. The van der Waals surface area contributed by atoms with Crippen LogP contribution in [0, 0.1) is 11.3 Å². The summed E-state index contributed by atoms with van der Waals surface area (Å²) in [5, 5.41) is 11.7. The molecule has 80 valence electrons. The van der Waals surface area contributed by atoms with E-state index in [1.807, 2.05) is 6.92 Å². The van der Waals surface area contributed by atoms with Gasteiger partial charge in [-0.05, 0) is 39.2 Å². The summed E-state index contributed by atoms with van der Waals surface area (Å²) in [6, 6.07) is 2.15. The monoisotopic (exact) mass is 194 g/mol. The van der Waals surface area contributed by atoms with E-state index in [0.29, 0.717) is 0 Å². The summed E-state index contributed by atoms with van der Waals surface area (Å²) in [7, 11) is 0. The Balaban J connectivity index is 3.11. The Morgan fingerprint density at radius 1 is 1.29 bits per heavy atom. The fraction of sp³-hybridized carbons (Fsp3) is 0.750. The fourth-order valence-electron chi connectivity index (χ4n) is 1.15. The lowest BCUT2D eigenvalue weighted by molar-refractivity contribution is 0.596. The summed E-state index contributed by atoms with van der Waals surface area (Å²) in [6.45, 7) is 5.04. The van der Waals surface area contributed by atoms with Crippen LogP contribution < -0.4 is 5.32 Å². The van der Waals surface area contributed by atoms with Crippen molar-refractivity contribution in [2.24, 2.45) is 0 Å². The predicted octanol–water partition coefficient (Wildman–Crippen LogP) is 3.01. The first-order valence-corrected chi connectivity index (χ1v) is 5.59. The van der Waals surface area contributed by atoms with Gasteiger partial charge in [0.25, 0.3) is 0 Å². The van der Waals surface area contributed by atoms with Gasteiger partial charge in [0.15, 0.2) is 0 Å². The maximum absolute atomic E-state index is 8.51. The van der Waals surface area contributed by atoms with Gasteiger partial charge in [-0.1, -0.05) is 25.5 Å². The third kappa shape index (κ3) is 9.28. The molecule has 0 spiro atoms. The van der Waals surface area contributed by atoms with Gasteiger partial charge in [-0.2, -0.15) is 5.26 Å². The van der Waals surface area contributed by atoms with Gasteiger partial charge in [-0.15, -0.1) is 0 Å². The molecule has 0 aromatic carbocycles. The van der Waals surface area contributed by atoms with Gasteiger partial charge in [0.05, 0.1) is 12.1 Å². The molecule has 1 atom stereocenters. The average Bonchev–Trinajstić information content (AvgIpc) is 2.21. The van der Waals surface area contributed by atoms with Gasteiger partial charge in [0.2, 0.25) is 0 Å². The van der Waals surface area contributed by atoms with Crippen molar-refractivity contribution in [3.63, 3.8) is 0 Å². The van der Waals surface area contributed by atoms with Crippen LogP contribution in [-0.2, 0) is 0 Å². The minimum Gasteiger partial charge on any atom is -0.302 e. The highest BCUT2D eigenvalue weighted by molar-refractivity contribution is 4.85. The number of nitrogens with one attached hydrogen (secondary N) is 1. The van der Waals surface area contributed by atoms with Crippen molar-refractivity contribution < 1.29 is 0 Å². The molecule has 1 unspecified atom stereocenters. The van der Waals surface area contributed by atoms with E-state index < -0.39 is 0 Å². The molecule has 0 saturated carbocycles. The zero-order valence-electron chi connectivity index (χ0n) is 9.42. The first-order chi connectivity index (χ1) is 6.81. The molecule has 0 amide bonds. The minimum absolute atomic E-state index is 0.00867. The zero-order chi connectivity index (χ0) is 10.6. The lowest BCUT2D eigenvalue weighted by Crippen LogP contribution is -2.25. The number of unbranched alkanes of at least 4 members (excludes halogenated alkanes) is 3. The highest BCUT2D eigenvalue weighted by Gasteiger charge is 1.95. The molecule has 0 rings (SSSR count). The van der Waals surface area contributed by atoms with E-state index in [0.717, 1.165) is 13.0 Å². The Labute approximate surface area is 88.0 Å². The SMILES string of the molecule is CCC/C=C/CCCCNC(C)C#N. The molecule has 0 bridgehead atoms. The Bertz CT molecular complexity index is 179. The van der Waals surface area contributed by atoms with Crippen molar-refractivity contribution >= 4 is 0 Å². The summed E-state index contributed by atoms with van der Waals surface area (Å²) < 4.78 is 0. The lowest BCUT2D eigenvalue weighted by atomic mass is 10.2. The van der Waals surface area contributed by atoms with Crippen molar-refractivity contribution in [3.8, 4) is 6.07 Å². The standard InChI is InChI=1S/C12H22N2/c1-3-4-5-6-7-8-9-10-14-12(2)11-13/h5-6,12,14H,3-4,7-10H2,1-2H3/b6-5+. The van der Waals surface area contributed by atoms with Crippen LogP contribution in [0.5, 0.6) is 0 Å². The van der Waals surface area contributed by atoms with E-state index >= 15 is 0 Å². The Morgan fingerprint density at radius 3 is 2.64 bits per heavy atom. The van der Waals surface area contributed by atoms with E-state index in [1.54, 1.807) is 0 Å². The predicted molar refractivity (Wildman–Crippen MR) is 61.0 cm³/mol. The third-order valence-corrected chi connectivity index (χ3v) is 2.06. The van der Waals surface area contributed by atoms with Crippen molar-refractivity contribution in [3.05, 3.63) is 12.2 Å². The van der Waals surface area contributed by atoms with Crippen molar-refractivity contribution in [2.75, 3.05) is 6.54 Å². The Kier molecular flexibility index (Phi) is 9.68. The molecule has 0 radical (unpaired) electrons. The second-order valence-electron chi connectivity index (χ2n) is 3.56. The largest absolute Gasteiger partial charge is 0.302 e. The quantitative estimate of drug-likeness (QED) is 0.476. The molecule has 0 aromatic heterocycles. The summed E-state index contributed by atoms with van der Waals surface area (Å²) in [5.74, 6) is 0. The van der Waals surface area contributed by atoms with Crippen LogP contribution in [0.15, 0.2) is 12.2 Å². The number of nitriles is 1. The topological polar surface area (TPSA) is 35.8 Å². The molecule has 0 aromatic rings. The highest BCUT2D eigenvalue weighted by atomic mass is 14.9. The second kappa shape index (κ2) is 10.3. The minimum atomic E-state index is -0.00867. The van der Waals surface area contributed by atoms with Crippen LogP contribution in [0.2, 0.25) is 0 Å². The maximum atomic E-state index is 8.51. The van der Waals surface area contributed by atoms with E-state index in [4.69, 9.17) is 5.26 Å². The number of hydrogen-bond acceptors (Lipinski definition) is 2. The Hall–Kier alpha value is -0.810. The first kappa shape index (κ1) is 13.2. The Morgan fingerprint density at radius 2 is 2.00 bits per heavy atom. The smallest absolute Gasteiger partial charge is 0.0924 e. The van der Waals surface area contributed by atoms with Crippen LogP contribution >= 0.6 is 0 Å². The van der Waals surface area contributed by atoms with Gasteiger partial charge in [-0.3, -0.25) is 0 Å². The first-order valence-electron chi connectivity index (χ1n) is 5.59. The molecular weight excluding hydrogens is 172 g/mol. The van der Waals surface area contributed by atoms with E-state index in [-0.39, 0.29) is 6.04 Å². The number of rotatable bonds is 8. The molecular formula is C12H22N2. The maximum Gasteiger partial charge on any atom is 0.0924 e. The van der Waals surface area contributed by atoms with Crippen molar-refractivity contribution in [2.45, 2.75) is 52.0 Å². The number of hydrogen-bond donors (Lipinski definition) is 1. The number of nitrogens with zero attached hydrogens (tertiary/aromatic N) is 1. The van der Waals surface area contributed by atoms with Crippen LogP contribution in [0.3, 0.4) is 0 Å². The highest BCUT2D eigenvalue weighted by Crippen LogP contribution is 1.98. The van der Waals surface area contributed by atoms with Crippen LogP contribution in [0.4, 0.5) is 0 Å². The molecule has 2 heteroatoms. The van der Waals surface area contributed by atoms with Gasteiger partial charge in [0.1, 0.15) is 0 Å². The zero-order valence-corrected chi connectivity index (χ0v) is 9.42. The van der Waals surface area contributed by atoms with Gasteiger partial charge in [0, 0.05) is 0 Å². The van der Waals surface area contributed by atoms with Crippen molar-refractivity contribution in [1.29, 1.82) is 5.26 Å². The molecule has 2 nitrogen and oxygen atoms in total. The van der Waals surface area contributed by atoms with Gasteiger partial charge in [-0.25, -0.2) is 0 Å². The third-order valence-electron chi connectivity index (χ3n) is 2.06. The fourth-order valence-corrected chi connectivity index (χ4v) is 1.15. The summed E-state index contributed by atoms with van der Waals surface area (Å²) in [6.07, 6.45) is 10.5. The molecule has 0 aliphatic carbocycles. The molecule has 0 aliphatic rings. The number of allylic oxidation sites excluding steroid dienone is 2. The molecule has 0 aliphatic heterocycles. The molecule has 0 saturated heterocycles. The van der Waals surface area contributed by atoms with E-state index in [9.17, 15) is 0 Å². The second-order valence-corrected chi connectivity index (χ2v) is 3.56. The van der Waals surface area contributed by atoms with Crippen LogP contribution in [-0.4, -0.2) is 12.6 Å². The molecule has 1 N–H and O–H groups in total. The van der Waals surface area contributed by atoms with E-state index in [2.05, 4.69) is 30.5 Å². The molecule has 0 heterocycles. The van der Waals surface area contributed by atoms with Gasteiger partial charge >= 0.3 is 0 Å². The van der Waals surface area contributed by atoms with Crippen LogP contribution in [0.25, 0.3) is 0 Å². The molecule has 0 fully saturated rings.